The first kappa shape index (κ1) is 12.6. The Morgan fingerprint density at radius 2 is 2.11 bits per heavy atom. The predicted octanol–water partition coefficient (Wildman–Crippen LogP) is 1.23. The Bertz CT molecular complexity index is 441. The van der Waals surface area contributed by atoms with Gasteiger partial charge < -0.3 is 14.4 Å². The highest BCUT2D eigenvalue weighted by Crippen LogP contribution is 2.17. The monoisotopic (exact) mass is 249 g/mol. The molecule has 1 aromatic rings. The van der Waals surface area contributed by atoms with Crippen LogP contribution in [0.25, 0.3) is 0 Å². The minimum atomic E-state index is -0.350. The van der Waals surface area contributed by atoms with Crippen LogP contribution in [0.1, 0.15) is 17.3 Å². The summed E-state index contributed by atoms with van der Waals surface area (Å²) in [4.78, 5) is 24.8. The molecular formula is C13H15NO4. The van der Waals surface area contributed by atoms with Gasteiger partial charge in [0.15, 0.2) is 0 Å². The second-order valence-electron chi connectivity index (χ2n) is 3.87. The highest BCUT2D eigenvalue weighted by Gasteiger charge is 2.20. The summed E-state index contributed by atoms with van der Waals surface area (Å²) in [5.74, 6) is -0.414. The molecule has 0 unspecified atom stereocenters. The Labute approximate surface area is 105 Å². The van der Waals surface area contributed by atoms with E-state index in [-0.39, 0.29) is 18.5 Å². The maximum atomic E-state index is 11.6. The molecule has 1 saturated heterocycles. The van der Waals surface area contributed by atoms with Gasteiger partial charge in [0.05, 0.1) is 18.8 Å². The Morgan fingerprint density at radius 3 is 2.72 bits per heavy atom. The summed E-state index contributed by atoms with van der Waals surface area (Å²) in [7, 11) is 0. The van der Waals surface area contributed by atoms with Gasteiger partial charge >= 0.3 is 5.97 Å². The lowest BCUT2D eigenvalue weighted by Crippen LogP contribution is -2.41. The lowest BCUT2D eigenvalue weighted by molar-refractivity contribution is -0.125. The third-order valence-corrected chi connectivity index (χ3v) is 2.68. The lowest BCUT2D eigenvalue weighted by atomic mass is 10.2. The van der Waals surface area contributed by atoms with E-state index in [1.807, 2.05) is 0 Å². The molecule has 0 aliphatic carbocycles. The van der Waals surface area contributed by atoms with Gasteiger partial charge in [0.2, 0.25) is 0 Å². The molecule has 18 heavy (non-hydrogen) atoms. The number of nitrogens with zero attached hydrogens (tertiary/aromatic N) is 1. The van der Waals surface area contributed by atoms with E-state index in [4.69, 9.17) is 9.47 Å². The molecule has 5 nitrogen and oxygen atoms in total. The van der Waals surface area contributed by atoms with Gasteiger partial charge in [-0.25, -0.2) is 4.79 Å². The highest BCUT2D eigenvalue weighted by atomic mass is 16.5. The molecule has 0 saturated carbocycles. The van der Waals surface area contributed by atoms with Crippen LogP contribution in [-0.4, -0.2) is 38.2 Å². The summed E-state index contributed by atoms with van der Waals surface area (Å²) in [5.41, 5.74) is 1.26. The van der Waals surface area contributed by atoms with Gasteiger partial charge in [0, 0.05) is 12.2 Å². The molecule has 96 valence electrons. The van der Waals surface area contributed by atoms with E-state index in [0.29, 0.717) is 25.3 Å². The fourth-order valence-corrected chi connectivity index (χ4v) is 1.78. The van der Waals surface area contributed by atoms with Gasteiger partial charge in [-0.2, -0.15) is 0 Å². The maximum absolute atomic E-state index is 11.6. The number of benzene rings is 1. The smallest absolute Gasteiger partial charge is 0.338 e. The van der Waals surface area contributed by atoms with Crippen LogP contribution in [0.4, 0.5) is 5.69 Å². The fourth-order valence-electron chi connectivity index (χ4n) is 1.78. The van der Waals surface area contributed by atoms with Crippen molar-refractivity contribution in [3.63, 3.8) is 0 Å². The van der Waals surface area contributed by atoms with Crippen LogP contribution < -0.4 is 4.90 Å². The summed E-state index contributed by atoms with van der Waals surface area (Å²) < 4.78 is 9.96. The van der Waals surface area contributed by atoms with E-state index in [1.165, 1.54) is 0 Å². The third kappa shape index (κ3) is 2.68. The van der Waals surface area contributed by atoms with Crippen molar-refractivity contribution in [3.8, 4) is 0 Å². The standard InChI is InChI=1S/C13H15NO4/c1-2-18-13(16)10-3-5-11(6-4-10)14-7-8-17-9-12(14)15/h3-6H,2,7-9H2,1H3. The number of morpholine rings is 1. The molecule has 0 aromatic heterocycles. The number of carbonyl (C=O) groups excluding carboxylic acids is 2. The largest absolute Gasteiger partial charge is 0.462 e. The van der Waals surface area contributed by atoms with E-state index in [0.717, 1.165) is 5.69 Å². The zero-order valence-corrected chi connectivity index (χ0v) is 10.2. The van der Waals surface area contributed by atoms with E-state index < -0.39 is 0 Å². The second kappa shape index (κ2) is 5.64. The summed E-state index contributed by atoms with van der Waals surface area (Å²) in [6.07, 6.45) is 0. The first-order valence-electron chi connectivity index (χ1n) is 5.87. The van der Waals surface area contributed by atoms with Crippen molar-refractivity contribution in [1.29, 1.82) is 0 Å². The van der Waals surface area contributed by atoms with Crippen molar-refractivity contribution in [2.75, 3.05) is 31.3 Å². The van der Waals surface area contributed by atoms with Crippen LogP contribution in [0.2, 0.25) is 0 Å². The van der Waals surface area contributed by atoms with E-state index in [9.17, 15) is 9.59 Å². The molecule has 1 aliphatic rings. The molecule has 1 heterocycles. The lowest BCUT2D eigenvalue weighted by Gasteiger charge is -2.26. The van der Waals surface area contributed by atoms with E-state index in [2.05, 4.69) is 0 Å². The third-order valence-electron chi connectivity index (χ3n) is 2.68. The van der Waals surface area contributed by atoms with Gasteiger partial charge in [0.1, 0.15) is 6.61 Å². The number of ether oxygens (including phenoxy) is 2. The molecule has 0 N–H and O–H groups in total. The Hall–Kier alpha value is -1.88. The summed E-state index contributed by atoms with van der Waals surface area (Å²) in [6.45, 7) is 3.30. The van der Waals surface area contributed by atoms with Crippen molar-refractivity contribution >= 4 is 17.6 Å². The van der Waals surface area contributed by atoms with Gasteiger partial charge in [-0.15, -0.1) is 0 Å². The van der Waals surface area contributed by atoms with Crippen molar-refractivity contribution in [2.45, 2.75) is 6.92 Å². The molecule has 0 bridgehead atoms. The van der Waals surface area contributed by atoms with E-state index in [1.54, 1.807) is 36.1 Å². The van der Waals surface area contributed by atoms with Gasteiger partial charge in [-0.05, 0) is 31.2 Å². The van der Waals surface area contributed by atoms with Crippen molar-refractivity contribution in [3.05, 3.63) is 29.8 Å². The van der Waals surface area contributed by atoms with Crippen molar-refractivity contribution < 1.29 is 19.1 Å². The first-order valence-corrected chi connectivity index (χ1v) is 5.87. The number of hydrogen-bond donors (Lipinski definition) is 0. The van der Waals surface area contributed by atoms with Crippen LogP contribution in [0.3, 0.4) is 0 Å². The number of esters is 1. The fraction of sp³-hybridized carbons (Fsp3) is 0.385. The topological polar surface area (TPSA) is 55.8 Å². The molecule has 1 aliphatic heterocycles. The van der Waals surface area contributed by atoms with Crippen molar-refractivity contribution in [2.24, 2.45) is 0 Å². The molecule has 1 fully saturated rings. The molecule has 5 heteroatoms. The first-order chi connectivity index (χ1) is 8.72. The zero-order valence-electron chi connectivity index (χ0n) is 10.2. The van der Waals surface area contributed by atoms with E-state index >= 15 is 0 Å². The normalized spacial score (nSPS) is 15.6. The molecule has 2 rings (SSSR count). The van der Waals surface area contributed by atoms with Crippen LogP contribution in [0.5, 0.6) is 0 Å². The highest BCUT2D eigenvalue weighted by molar-refractivity contribution is 5.96. The number of anilines is 1. The van der Waals surface area contributed by atoms with Crippen LogP contribution in [-0.2, 0) is 14.3 Å². The molecule has 1 amide bonds. The van der Waals surface area contributed by atoms with Gasteiger partial charge in [-0.3, -0.25) is 4.79 Å². The zero-order chi connectivity index (χ0) is 13.0. The number of amides is 1. The molecular weight excluding hydrogens is 234 g/mol. The Kier molecular flexibility index (Phi) is 3.94. The number of hydrogen-bond acceptors (Lipinski definition) is 4. The summed E-state index contributed by atoms with van der Waals surface area (Å²) in [5, 5.41) is 0. The van der Waals surface area contributed by atoms with Gasteiger partial charge in [-0.1, -0.05) is 0 Å². The molecule has 0 atom stereocenters. The molecule has 1 aromatic carbocycles. The Balaban J connectivity index is 2.11. The van der Waals surface area contributed by atoms with Gasteiger partial charge in [0.25, 0.3) is 5.91 Å². The Morgan fingerprint density at radius 1 is 1.39 bits per heavy atom. The minimum absolute atomic E-state index is 0.0647. The average molecular weight is 249 g/mol. The number of carbonyl (C=O) groups is 2. The molecule has 0 radical (unpaired) electrons. The molecule has 0 spiro atoms. The van der Waals surface area contributed by atoms with Crippen LogP contribution in [0.15, 0.2) is 24.3 Å². The summed E-state index contributed by atoms with van der Waals surface area (Å²) in [6, 6.07) is 6.82. The minimum Gasteiger partial charge on any atom is -0.462 e. The average Bonchev–Trinajstić information content (AvgIpc) is 2.40. The quantitative estimate of drug-likeness (QED) is 0.756. The maximum Gasteiger partial charge on any atom is 0.338 e. The summed E-state index contributed by atoms with van der Waals surface area (Å²) >= 11 is 0. The van der Waals surface area contributed by atoms with Crippen LogP contribution >= 0.6 is 0 Å². The SMILES string of the molecule is CCOC(=O)c1ccc(N2CCOCC2=O)cc1. The van der Waals surface area contributed by atoms with Crippen LogP contribution in [0, 0.1) is 0 Å². The van der Waals surface area contributed by atoms with Crippen molar-refractivity contribution in [1.82, 2.24) is 0 Å². The second-order valence-corrected chi connectivity index (χ2v) is 3.87. The predicted molar refractivity (Wildman–Crippen MR) is 65.6 cm³/mol. The number of rotatable bonds is 3.